The average molecular weight is 501 g/mol. The number of benzene rings is 1. The third kappa shape index (κ3) is 5.52. The summed E-state index contributed by atoms with van der Waals surface area (Å²) in [4.78, 5) is 34.8. The number of rotatable bonds is 7. The predicted molar refractivity (Wildman–Crippen MR) is 110 cm³/mol. The van der Waals surface area contributed by atoms with Crippen LogP contribution in [0.3, 0.4) is 0 Å². The summed E-state index contributed by atoms with van der Waals surface area (Å²) in [6, 6.07) is 1.33. The molecule has 2 aromatic rings. The van der Waals surface area contributed by atoms with Gasteiger partial charge in [-0.15, -0.1) is 0 Å². The van der Waals surface area contributed by atoms with E-state index in [4.69, 9.17) is 4.74 Å². The number of hydrogen-bond donors (Lipinski definition) is 1. The van der Waals surface area contributed by atoms with Crippen molar-refractivity contribution in [1.82, 2.24) is 20.2 Å². The summed E-state index contributed by atoms with van der Waals surface area (Å²) < 4.78 is 76.8. The summed E-state index contributed by atoms with van der Waals surface area (Å²) in [5.74, 6) is -5.85. The molecule has 1 N–H and O–H groups in total. The molecule has 0 spiro atoms. The number of ether oxygens (including phenoxy) is 2. The van der Waals surface area contributed by atoms with Gasteiger partial charge in [0, 0.05) is 44.1 Å². The van der Waals surface area contributed by atoms with Gasteiger partial charge in [-0.3, -0.25) is 9.59 Å². The second-order valence-electron chi connectivity index (χ2n) is 8.06. The SMILES string of the molecule is CC(=O)N1CC(NC(=O)c2nccnc2N2CC(Oc3cc(F)cc(OC(F)F)c3)C2)C(F)(F)C1. The molecule has 188 valence electrons. The Bertz CT molecular complexity index is 1120. The molecule has 9 nitrogen and oxygen atoms in total. The number of carbonyl (C=O) groups excluding carboxylic acids is 2. The highest BCUT2D eigenvalue weighted by molar-refractivity contribution is 5.97. The van der Waals surface area contributed by atoms with Gasteiger partial charge >= 0.3 is 6.61 Å². The number of likely N-dealkylation sites (tertiary alicyclic amines) is 1. The second kappa shape index (κ2) is 9.50. The van der Waals surface area contributed by atoms with E-state index >= 15 is 0 Å². The third-order valence-electron chi connectivity index (χ3n) is 5.48. The summed E-state index contributed by atoms with van der Waals surface area (Å²) in [7, 11) is 0. The number of hydrogen-bond acceptors (Lipinski definition) is 7. The normalized spacial score (nSPS) is 19.5. The lowest BCUT2D eigenvalue weighted by Crippen LogP contribution is -2.55. The molecular weight excluding hydrogens is 481 g/mol. The van der Waals surface area contributed by atoms with Gasteiger partial charge in [-0.1, -0.05) is 0 Å². The fourth-order valence-corrected chi connectivity index (χ4v) is 3.78. The molecule has 35 heavy (non-hydrogen) atoms. The van der Waals surface area contributed by atoms with Crippen molar-refractivity contribution in [1.29, 1.82) is 0 Å². The lowest BCUT2D eigenvalue weighted by molar-refractivity contribution is -0.129. The molecule has 0 radical (unpaired) electrons. The number of alkyl halides is 4. The van der Waals surface area contributed by atoms with Crippen LogP contribution in [-0.4, -0.2) is 77.5 Å². The maximum Gasteiger partial charge on any atom is 0.387 e. The van der Waals surface area contributed by atoms with Gasteiger partial charge < -0.3 is 24.6 Å². The molecule has 3 heterocycles. The maximum atomic E-state index is 14.3. The number of nitrogens with one attached hydrogen (secondary N) is 1. The highest BCUT2D eigenvalue weighted by atomic mass is 19.3. The van der Waals surface area contributed by atoms with Crippen molar-refractivity contribution >= 4 is 17.6 Å². The number of aromatic nitrogens is 2. The first-order valence-corrected chi connectivity index (χ1v) is 10.4. The topological polar surface area (TPSA) is 96.9 Å². The average Bonchev–Trinajstić information content (AvgIpc) is 3.04. The quantitative estimate of drug-likeness (QED) is 0.581. The Labute approximate surface area is 195 Å². The zero-order chi connectivity index (χ0) is 25.3. The first kappa shape index (κ1) is 24.4. The molecule has 2 aliphatic heterocycles. The van der Waals surface area contributed by atoms with Crippen LogP contribution in [0.5, 0.6) is 11.5 Å². The Morgan fingerprint density at radius 3 is 2.46 bits per heavy atom. The van der Waals surface area contributed by atoms with Crippen LogP contribution < -0.4 is 19.7 Å². The second-order valence-corrected chi connectivity index (χ2v) is 8.06. The Morgan fingerprint density at radius 2 is 1.80 bits per heavy atom. The van der Waals surface area contributed by atoms with E-state index in [0.717, 1.165) is 23.1 Å². The molecule has 2 fully saturated rings. The van der Waals surface area contributed by atoms with Gasteiger partial charge in [-0.05, 0) is 0 Å². The molecule has 2 saturated heterocycles. The van der Waals surface area contributed by atoms with Crippen molar-refractivity contribution in [2.45, 2.75) is 31.6 Å². The van der Waals surface area contributed by atoms with E-state index in [0.29, 0.717) is 0 Å². The van der Waals surface area contributed by atoms with Crippen LogP contribution in [0.2, 0.25) is 0 Å². The molecule has 14 heteroatoms. The van der Waals surface area contributed by atoms with E-state index in [1.54, 1.807) is 4.90 Å². The Balaban J connectivity index is 1.40. The molecule has 1 atom stereocenters. The summed E-state index contributed by atoms with van der Waals surface area (Å²) >= 11 is 0. The van der Waals surface area contributed by atoms with E-state index in [-0.39, 0.29) is 36.9 Å². The van der Waals surface area contributed by atoms with Gasteiger partial charge in [0.1, 0.15) is 29.5 Å². The maximum absolute atomic E-state index is 14.3. The van der Waals surface area contributed by atoms with Crippen LogP contribution in [-0.2, 0) is 4.79 Å². The highest BCUT2D eigenvalue weighted by Gasteiger charge is 2.50. The largest absolute Gasteiger partial charge is 0.486 e. The molecule has 2 aliphatic rings. The minimum absolute atomic E-state index is 0.0269. The Morgan fingerprint density at radius 1 is 1.11 bits per heavy atom. The lowest BCUT2D eigenvalue weighted by atomic mass is 10.1. The molecule has 2 amide bonds. The van der Waals surface area contributed by atoms with Crippen LogP contribution in [0, 0.1) is 5.82 Å². The number of carbonyl (C=O) groups is 2. The van der Waals surface area contributed by atoms with Crippen molar-refractivity contribution in [2.24, 2.45) is 0 Å². The van der Waals surface area contributed by atoms with Crippen LogP contribution in [0.1, 0.15) is 17.4 Å². The van der Waals surface area contributed by atoms with Crippen LogP contribution in [0.15, 0.2) is 30.6 Å². The van der Waals surface area contributed by atoms with Crippen molar-refractivity contribution in [3.8, 4) is 11.5 Å². The van der Waals surface area contributed by atoms with Gasteiger partial charge in [0.05, 0.1) is 19.6 Å². The van der Waals surface area contributed by atoms with Crippen LogP contribution in [0.4, 0.5) is 27.8 Å². The van der Waals surface area contributed by atoms with E-state index < -0.39 is 54.6 Å². The van der Waals surface area contributed by atoms with E-state index in [2.05, 4.69) is 20.0 Å². The molecule has 0 saturated carbocycles. The smallest absolute Gasteiger partial charge is 0.387 e. The highest BCUT2D eigenvalue weighted by Crippen LogP contribution is 2.30. The molecule has 0 bridgehead atoms. The minimum Gasteiger partial charge on any atom is -0.486 e. The van der Waals surface area contributed by atoms with Crippen LogP contribution >= 0.6 is 0 Å². The Hall–Kier alpha value is -3.71. The fourth-order valence-electron chi connectivity index (χ4n) is 3.78. The van der Waals surface area contributed by atoms with Crippen molar-refractivity contribution in [2.75, 3.05) is 31.1 Å². The first-order chi connectivity index (χ1) is 16.5. The van der Waals surface area contributed by atoms with Gasteiger partial charge in [-0.25, -0.2) is 23.1 Å². The number of amides is 2. The molecule has 1 unspecified atom stereocenters. The molecular formula is C21H20F5N5O4. The monoisotopic (exact) mass is 501 g/mol. The fraction of sp³-hybridized carbons (Fsp3) is 0.429. The van der Waals surface area contributed by atoms with E-state index in [1.807, 2.05) is 0 Å². The molecule has 0 aliphatic carbocycles. The zero-order valence-corrected chi connectivity index (χ0v) is 18.3. The van der Waals surface area contributed by atoms with Crippen LogP contribution in [0.25, 0.3) is 0 Å². The summed E-state index contributed by atoms with van der Waals surface area (Å²) in [6.07, 6.45) is 2.05. The number of nitrogens with zero attached hydrogens (tertiary/aromatic N) is 4. The van der Waals surface area contributed by atoms with Gasteiger partial charge in [0.15, 0.2) is 11.5 Å². The lowest BCUT2D eigenvalue weighted by Gasteiger charge is -2.40. The van der Waals surface area contributed by atoms with Gasteiger partial charge in [-0.2, -0.15) is 8.78 Å². The minimum atomic E-state index is -3.31. The predicted octanol–water partition coefficient (Wildman–Crippen LogP) is 2.08. The third-order valence-corrected chi connectivity index (χ3v) is 5.48. The first-order valence-electron chi connectivity index (χ1n) is 10.4. The zero-order valence-electron chi connectivity index (χ0n) is 18.3. The molecule has 1 aromatic heterocycles. The van der Waals surface area contributed by atoms with Crippen molar-refractivity contribution in [3.05, 3.63) is 42.1 Å². The number of anilines is 1. The summed E-state index contributed by atoms with van der Waals surface area (Å²) in [5, 5.41) is 2.23. The summed E-state index contributed by atoms with van der Waals surface area (Å²) in [6.45, 7) is -2.74. The molecule has 4 rings (SSSR count). The van der Waals surface area contributed by atoms with Crippen molar-refractivity contribution in [3.63, 3.8) is 0 Å². The van der Waals surface area contributed by atoms with Gasteiger partial charge in [0.25, 0.3) is 11.8 Å². The van der Waals surface area contributed by atoms with E-state index in [9.17, 15) is 31.5 Å². The Kier molecular flexibility index (Phi) is 6.63. The number of halogens is 5. The van der Waals surface area contributed by atoms with Crippen molar-refractivity contribution < 1.29 is 41.0 Å². The van der Waals surface area contributed by atoms with Gasteiger partial charge in [0.2, 0.25) is 5.91 Å². The summed E-state index contributed by atoms with van der Waals surface area (Å²) in [5.41, 5.74) is -0.193. The standard InChI is InChI=1S/C21H20F5N5O4/c1-11(32)31-9-16(21(25,26)10-31)29-19(33)17-18(28-3-2-27-17)30-7-15(8-30)34-13-4-12(22)5-14(6-13)35-20(23)24/h2-6,15-16,20H,7-10H2,1H3,(H,29,33). The molecule has 1 aromatic carbocycles. The van der Waals surface area contributed by atoms with E-state index in [1.165, 1.54) is 19.3 Å².